The van der Waals surface area contributed by atoms with Crippen LogP contribution in [0.5, 0.6) is 5.75 Å². The summed E-state index contributed by atoms with van der Waals surface area (Å²) in [5.41, 5.74) is 2.03. The normalized spacial score (nSPS) is 11.8. The van der Waals surface area contributed by atoms with Gasteiger partial charge in [0.15, 0.2) is 5.12 Å². The molecule has 0 fully saturated rings. The zero-order chi connectivity index (χ0) is 27.9. The number of benzene rings is 2. The van der Waals surface area contributed by atoms with Crippen LogP contribution in [0.2, 0.25) is 0 Å². The third-order valence-corrected chi connectivity index (χ3v) is 6.47. The SMILES string of the molecule is CC(=O)SCCN(CCc1ccccc1)C(=O)NC(Cc1ccc(OC(C)C)cc1)C(=O)NCCN(C)C. The smallest absolute Gasteiger partial charge is 0.318 e. The zero-order valence-electron chi connectivity index (χ0n) is 23.2. The Bertz CT molecular complexity index is 999. The Morgan fingerprint density at radius 1 is 0.921 bits per heavy atom. The molecule has 0 aliphatic carbocycles. The number of amides is 3. The molecule has 9 heteroatoms. The molecule has 0 heterocycles. The summed E-state index contributed by atoms with van der Waals surface area (Å²) >= 11 is 1.19. The topological polar surface area (TPSA) is 91.0 Å². The van der Waals surface area contributed by atoms with Crippen molar-refractivity contribution in [2.75, 3.05) is 46.0 Å². The molecule has 38 heavy (non-hydrogen) atoms. The fourth-order valence-electron chi connectivity index (χ4n) is 3.71. The van der Waals surface area contributed by atoms with Crippen molar-refractivity contribution in [3.05, 3.63) is 65.7 Å². The number of hydrogen-bond donors (Lipinski definition) is 2. The summed E-state index contributed by atoms with van der Waals surface area (Å²) in [7, 11) is 3.88. The van der Waals surface area contributed by atoms with Crippen LogP contribution in [0, 0.1) is 0 Å². The second-order valence-electron chi connectivity index (χ2n) is 9.67. The molecule has 1 atom stereocenters. The zero-order valence-corrected chi connectivity index (χ0v) is 24.1. The van der Waals surface area contributed by atoms with Gasteiger partial charge in [-0.2, -0.15) is 0 Å². The molecule has 0 aliphatic rings. The van der Waals surface area contributed by atoms with E-state index in [4.69, 9.17) is 4.74 Å². The first-order valence-electron chi connectivity index (χ1n) is 13.0. The minimum atomic E-state index is -0.749. The van der Waals surface area contributed by atoms with Crippen molar-refractivity contribution >= 4 is 28.8 Å². The number of rotatable bonds is 15. The molecule has 0 aromatic heterocycles. The number of ether oxygens (including phenoxy) is 1. The molecule has 208 valence electrons. The number of nitrogens with one attached hydrogen (secondary N) is 2. The Kier molecular flexibility index (Phi) is 13.7. The van der Waals surface area contributed by atoms with Crippen LogP contribution in [-0.4, -0.2) is 85.0 Å². The van der Waals surface area contributed by atoms with Crippen molar-refractivity contribution < 1.29 is 19.1 Å². The summed E-state index contributed by atoms with van der Waals surface area (Å²) in [5, 5.41) is 5.92. The Balaban J connectivity index is 2.14. The van der Waals surface area contributed by atoms with Gasteiger partial charge in [-0.3, -0.25) is 9.59 Å². The van der Waals surface area contributed by atoms with Crippen molar-refractivity contribution in [3.8, 4) is 5.75 Å². The van der Waals surface area contributed by atoms with Crippen molar-refractivity contribution in [1.29, 1.82) is 0 Å². The lowest BCUT2D eigenvalue weighted by Crippen LogP contribution is -2.53. The molecule has 1 unspecified atom stereocenters. The number of likely N-dealkylation sites (N-methyl/N-ethyl adjacent to an activating group) is 1. The molecule has 0 saturated carbocycles. The molecule has 2 aromatic rings. The highest BCUT2D eigenvalue weighted by molar-refractivity contribution is 8.13. The second-order valence-corrected chi connectivity index (χ2v) is 10.9. The molecular formula is C29H42N4O4S. The third kappa shape index (κ3) is 12.5. The van der Waals surface area contributed by atoms with E-state index in [0.717, 1.165) is 16.9 Å². The Labute approximate surface area is 231 Å². The van der Waals surface area contributed by atoms with E-state index in [9.17, 15) is 14.4 Å². The van der Waals surface area contributed by atoms with Gasteiger partial charge in [0.1, 0.15) is 11.8 Å². The summed E-state index contributed by atoms with van der Waals surface area (Å²) in [4.78, 5) is 41.7. The number of hydrogen-bond acceptors (Lipinski definition) is 6. The van der Waals surface area contributed by atoms with Crippen molar-refractivity contribution in [2.24, 2.45) is 0 Å². The van der Waals surface area contributed by atoms with E-state index in [0.29, 0.717) is 44.8 Å². The highest BCUT2D eigenvalue weighted by atomic mass is 32.2. The number of carbonyl (C=O) groups is 3. The lowest BCUT2D eigenvalue weighted by atomic mass is 10.0. The first-order chi connectivity index (χ1) is 18.1. The monoisotopic (exact) mass is 542 g/mol. The second kappa shape index (κ2) is 16.7. The summed E-state index contributed by atoms with van der Waals surface area (Å²) in [5.74, 6) is 1.02. The highest BCUT2D eigenvalue weighted by Crippen LogP contribution is 2.15. The summed E-state index contributed by atoms with van der Waals surface area (Å²) in [6.07, 6.45) is 1.09. The largest absolute Gasteiger partial charge is 0.491 e. The lowest BCUT2D eigenvalue weighted by molar-refractivity contribution is -0.123. The fraction of sp³-hybridized carbons (Fsp3) is 0.483. The van der Waals surface area contributed by atoms with Crippen LogP contribution in [0.4, 0.5) is 4.79 Å². The van der Waals surface area contributed by atoms with E-state index in [1.54, 1.807) is 4.90 Å². The number of urea groups is 1. The third-order valence-electron chi connectivity index (χ3n) is 5.67. The van der Waals surface area contributed by atoms with E-state index >= 15 is 0 Å². The molecule has 8 nitrogen and oxygen atoms in total. The molecule has 3 amide bonds. The fourth-order valence-corrected chi connectivity index (χ4v) is 4.31. The number of nitrogens with zero attached hydrogens (tertiary/aromatic N) is 2. The molecule has 0 saturated heterocycles. The average Bonchev–Trinajstić information content (AvgIpc) is 2.86. The van der Waals surface area contributed by atoms with Gasteiger partial charge in [-0.15, -0.1) is 0 Å². The Morgan fingerprint density at radius 3 is 2.21 bits per heavy atom. The molecule has 0 aliphatic heterocycles. The van der Waals surface area contributed by atoms with Gasteiger partial charge < -0.3 is 25.2 Å². The van der Waals surface area contributed by atoms with E-state index < -0.39 is 6.04 Å². The standard InChI is InChI=1S/C29H42N4O4S/c1-22(2)37-26-13-11-25(12-14-26)21-27(28(35)30-16-18-32(4)5)31-29(36)33(19-20-38-23(3)34)17-15-24-9-7-6-8-10-24/h6-14,22,27H,15-21H2,1-5H3,(H,30,35)(H,31,36). The minimum absolute atomic E-state index is 0.0106. The molecule has 0 bridgehead atoms. The van der Waals surface area contributed by atoms with Crippen LogP contribution < -0.4 is 15.4 Å². The minimum Gasteiger partial charge on any atom is -0.491 e. The molecule has 0 spiro atoms. The molecule has 2 rings (SSSR count). The number of thioether (sulfide) groups is 1. The van der Waals surface area contributed by atoms with Gasteiger partial charge in [0.05, 0.1) is 6.10 Å². The van der Waals surface area contributed by atoms with Gasteiger partial charge in [0, 0.05) is 45.3 Å². The Morgan fingerprint density at radius 2 is 1.61 bits per heavy atom. The van der Waals surface area contributed by atoms with E-state index in [2.05, 4.69) is 10.6 Å². The summed E-state index contributed by atoms with van der Waals surface area (Å²) < 4.78 is 5.72. The highest BCUT2D eigenvalue weighted by Gasteiger charge is 2.24. The van der Waals surface area contributed by atoms with E-state index in [1.807, 2.05) is 87.4 Å². The van der Waals surface area contributed by atoms with Crippen LogP contribution in [0.25, 0.3) is 0 Å². The summed E-state index contributed by atoms with van der Waals surface area (Å²) in [6.45, 7) is 7.51. The molecule has 2 N–H and O–H groups in total. The van der Waals surface area contributed by atoms with Crippen LogP contribution in [0.1, 0.15) is 31.9 Å². The maximum absolute atomic E-state index is 13.4. The van der Waals surface area contributed by atoms with Crippen molar-refractivity contribution in [1.82, 2.24) is 20.4 Å². The van der Waals surface area contributed by atoms with Gasteiger partial charge in [0.25, 0.3) is 0 Å². The van der Waals surface area contributed by atoms with Gasteiger partial charge in [-0.25, -0.2) is 4.79 Å². The maximum Gasteiger partial charge on any atom is 0.318 e. The van der Waals surface area contributed by atoms with Crippen LogP contribution in [-0.2, 0) is 22.4 Å². The van der Waals surface area contributed by atoms with Gasteiger partial charge >= 0.3 is 6.03 Å². The predicted octanol–water partition coefficient (Wildman–Crippen LogP) is 3.60. The molecule has 0 radical (unpaired) electrons. The number of carbonyl (C=O) groups excluding carboxylic acids is 3. The predicted molar refractivity (Wildman–Crippen MR) is 155 cm³/mol. The first kappa shape index (κ1) is 31.2. The van der Waals surface area contributed by atoms with Crippen molar-refractivity contribution in [2.45, 2.75) is 45.8 Å². The molecule has 2 aromatic carbocycles. The van der Waals surface area contributed by atoms with Crippen LogP contribution >= 0.6 is 11.8 Å². The van der Waals surface area contributed by atoms with Crippen molar-refractivity contribution in [3.63, 3.8) is 0 Å². The average molecular weight is 543 g/mol. The summed E-state index contributed by atoms with van der Waals surface area (Å²) in [6, 6.07) is 16.5. The maximum atomic E-state index is 13.4. The Hall–Kier alpha value is -3.04. The van der Waals surface area contributed by atoms with Crippen LogP contribution in [0.15, 0.2) is 54.6 Å². The van der Waals surface area contributed by atoms with Gasteiger partial charge in [-0.05, 0) is 57.6 Å². The van der Waals surface area contributed by atoms with E-state index in [-0.39, 0.29) is 23.2 Å². The first-order valence-corrected chi connectivity index (χ1v) is 14.0. The van der Waals surface area contributed by atoms with Crippen LogP contribution in [0.3, 0.4) is 0 Å². The lowest BCUT2D eigenvalue weighted by Gasteiger charge is -2.26. The van der Waals surface area contributed by atoms with Gasteiger partial charge in [-0.1, -0.05) is 54.2 Å². The van der Waals surface area contributed by atoms with E-state index in [1.165, 1.54) is 18.7 Å². The molecular weight excluding hydrogens is 500 g/mol. The quantitative estimate of drug-likeness (QED) is 0.358. The van der Waals surface area contributed by atoms with Gasteiger partial charge in [0.2, 0.25) is 5.91 Å².